The Morgan fingerprint density at radius 3 is 2.24 bits per heavy atom. The molecule has 4 rings (SSSR count). The SMILES string of the molecule is CN(C)c1ccc([C@H]2CC(c3ccccc3)=NN2C(=O)c2ccc(Cl)cc2)cc1. The van der Waals surface area contributed by atoms with Crippen LogP contribution in [0.15, 0.2) is 84.0 Å². The van der Waals surface area contributed by atoms with Crippen LogP contribution in [0.5, 0.6) is 0 Å². The molecule has 0 aliphatic carbocycles. The third kappa shape index (κ3) is 4.03. The van der Waals surface area contributed by atoms with Gasteiger partial charge in [0.2, 0.25) is 0 Å². The third-order valence-corrected chi connectivity index (χ3v) is 5.36. The van der Waals surface area contributed by atoms with E-state index in [1.807, 2.05) is 44.4 Å². The number of carbonyl (C=O) groups excluding carboxylic acids is 1. The van der Waals surface area contributed by atoms with Gasteiger partial charge in [0.25, 0.3) is 5.91 Å². The molecule has 5 heteroatoms. The molecule has 0 fully saturated rings. The van der Waals surface area contributed by atoms with E-state index in [9.17, 15) is 4.79 Å². The van der Waals surface area contributed by atoms with Gasteiger partial charge in [0, 0.05) is 36.8 Å². The number of benzene rings is 3. The highest BCUT2D eigenvalue weighted by Crippen LogP contribution is 2.34. The maximum absolute atomic E-state index is 13.3. The lowest BCUT2D eigenvalue weighted by Crippen LogP contribution is -2.27. The number of rotatable bonds is 4. The largest absolute Gasteiger partial charge is 0.378 e. The molecule has 29 heavy (non-hydrogen) atoms. The van der Waals surface area contributed by atoms with E-state index in [0.29, 0.717) is 17.0 Å². The van der Waals surface area contributed by atoms with E-state index in [-0.39, 0.29) is 11.9 Å². The van der Waals surface area contributed by atoms with Crippen LogP contribution in [0.3, 0.4) is 0 Å². The molecular formula is C24H22ClN3O. The zero-order valence-corrected chi connectivity index (χ0v) is 17.2. The summed E-state index contributed by atoms with van der Waals surface area (Å²) in [4.78, 5) is 15.3. The lowest BCUT2D eigenvalue weighted by atomic mass is 9.98. The molecule has 0 saturated carbocycles. The molecule has 1 aliphatic rings. The second-order valence-electron chi connectivity index (χ2n) is 7.28. The third-order valence-electron chi connectivity index (χ3n) is 5.11. The fourth-order valence-corrected chi connectivity index (χ4v) is 3.61. The number of halogens is 1. The van der Waals surface area contributed by atoms with Crippen LogP contribution in [0.4, 0.5) is 5.69 Å². The summed E-state index contributed by atoms with van der Waals surface area (Å²) >= 11 is 5.99. The minimum atomic E-state index is -0.149. The van der Waals surface area contributed by atoms with E-state index in [4.69, 9.17) is 16.7 Å². The number of nitrogens with zero attached hydrogens (tertiary/aromatic N) is 3. The monoisotopic (exact) mass is 403 g/mol. The molecule has 0 unspecified atom stereocenters. The first-order valence-corrected chi connectivity index (χ1v) is 9.90. The molecule has 4 nitrogen and oxygen atoms in total. The van der Waals surface area contributed by atoms with Crippen molar-refractivity contribution >= 4 is 28.9 Å². The van der Waals surface area contributed by atoms with Gasteiger partial charge in [-0.3, -0.25) is 4.79 Å². The van der Waals surface area contributed by atoms with E-state index < -0.39 is 0 Å². The highest BCUT2D eigenvalue weighted by Gasteiger charge is 2.33. The van der Waals surface area contributed by atoms with Crippen LogP contribution in [0.25, 0.3) is 0 Å². The van der Waals surface area contributed by atoms with Crippen molar-refractivity contribution in [3.05, 3.63) is 101 Å². The highest BCUT2D eigenvalue weighted by atomic mass is 35.5. The maximum Gasteiger partial charge on any atom is 0.274 e. The number of hydrogen-bond acceptors (Lipinski definition) is 3. The van der Waals surface area contributed by atoms with Crippen LogP contribution in [-0.4, -0.2) is 30.7 Å². The summed E-state index contributed by atoms with van der Waals surface area (Å²) < 4.78 is 0. The molecule has 1 heterocycles. The van der Waals surface area contributed by atoms with Crippen molar-refractivity contribution in [3.63, 3.8) is 0 Å². The smallest absolute Gasteiger partial charge is 0.274 e. The van der Waals surface area contributed by atoms with Crippen LogP contribution < -0.4 is 4.90 Å². The molecule has 3 aromatic carbocycles. The molecule has 1 aliphatic heterocycles. The standard InChI is InChI=1S/C24H22ClN3O/c1-27(2)21-14-10-18(11-15-21)23-16-22(17-6-4-3-5-7-17)26-28(23)24(29)19-8-12-20(25)13-9-19/h3-15,23H,16H2,1-2H3/t23-/m1/s1. The molecule has 0 radical (unpaired) electrons. The molecular weight excluding hydrogens is 382 g/mol. The average Bonchev–Trinajstić information content (AvgIpc) is 3.20. The van der Waals surface area contributed by atoms with Gasteiger partial charge in [-0.2, -0.15) is 5.10 Å². The fourth-order valence-electron chi connectivity index (χ4n) is 3.48. The Hall–Kier alpha value is -3.11. The van der Waals surface area contributed by atoms with Crippen LogP contribution in [0.1, 0.15) is 33.9 Å². The Morgan fingerprint density at radius 2 is 1.62 bits per heavy atom. The van der Waals surface area contributed by atoms with Crippen LogP contribution in [0, 0.1) is 0 Å². The maximum atomic E-state index is 13.3. The summed E-state index contributed by atoms with van der Waals surface area (Å²) in [5.74, 6) is -0.130. The van der Waals surface area contributed by atoms with Crippen molar-refractivity contribution in [2.45, 2.75) is 12.5 Å². The minimum absolute atomic E-state index is 0.130. The van der Waals surface area contributed by atoms with E-state index in [2.05, 4.69) is 29.2 Å². The summed E-state index contributed by atoms with van der Waals surface area (Å²) in [6.45, 7) is 0. The molecule has 1 amide bonds. The van der Waals surface area contributed by atoms with Gasteiger partial charge in [-0.15, -0.1) is 0 Å². The van der Waals surface area contributed by atoms with Gasteiger partial charge in [-0.1, -0.05) is 54.1 Å². The predicted molar refractivity (Wildman–Crippen MR) is 119 cm³/mol. The Balaban J connectivity index is 1.70. The van der Waals surface area contributed by atoms with Crippen LogP contribution in [0.2, 0.25) is 5.02 Å². The predicted octanol–water partition coefficient (Wildman–Crippen LogP) is 5.40. The zero-order valence-electron chi connectivity index (χ0n) is 16.4. The molecule has 0 bridgehead atoms. The number of hydrogen-bond donors (Lipinski definition) is 0. The van der Waals surface area contributed by atoms with Gasteiger partial charge in [0.15, 0.2) is 0 Å². The normalized spacial score (nSPS) is 15.9. The average molecular weight is 404 g/mol. The minimum Gasteiger partial charge on any atom is -0.378 e. The number of hydrazone groups is 1. The van der Waals surface area contributed by atoms with Gasteiger partial charge in [0.05, 0.1) is 11.8 Å². The Labute approximate surface area is 176 Å². The van der Waals surface area contributed by atoms with Gasteiger partial charge in [-0.25, -0.2) is 5.01 Å². The first-order chi connectivity index (χ1) is 14.0. The summed E-state index contributed by atoms with van der Waals surface area (Å²) in [6.07, 6.45) is 0.671. The lowest BCUT2D eigenvalue weighted by molar-refractivity contribution is 0.0711. The van der Waals surface area contributed by atoms with Crippen molar-refractivity contribution < 1.29 is 4.79 Å². The summed E-state index contributed by atoms with van der Waals surface area (Å²) in [5.41, 5.74) is 4.70. The van der Waals surface area contributed by atoms with E-state index in [0.717, 1.165) is 22.5 Å². The van der Waals surface area contributed by atoms with E-state index in [1.54, 1.807) is 29.3 Å². The topological polar surface area (TPSA) is 35.9 Å². The van der Waals surface area contributed by atoms with Crippen molar-refractivity contribution in [1.82, 2.24) is 5.01 Å². The molecule has 0 aromatic heterocycles. The molecule has 3 aromatic rings. The first kappa shape index (κ1) is 19.2. The van der Waals surface area contributed by atoms with Crippen molar-refractivity contribution in [2.75, 3.05) is 19.0 Å². The van der Waals surface area contributed by atoms with Gasteiger partial charge >= 0.3 is 0 Å². The Bertz CT molecular complexity index is 1030. The quantitative estimate of drug-likeness (QED) is 0.584. The van der Waals surface area contributed by atoms with E-state index >= 15 is 0 Å². The second-order valence-corrected chi connectivity index (χ2v) is 7.71. The van der Waals surface area contributed by atoms with Gasteiger partial charge in [0.1, 0.15) is 0 Å². The summed E-state index contributed by atoms with van der Waals surface area (Å²) in [7, 11) is 4.02. The van der Waals surface area contributed by atoms with Crippen LogP contribution >= 0.6 is 11.6 Å². The summed E-state index contributed by atoms with van der Waals surface area (Å²) in [5, 5.41) is 6.94. The van der Waals surface area contributed by atoms with Gasteiger partial charge < -0.3 is 4.90 Å². The Kier molecular flexibility index (Phi) is 5.36. The van der Waals surface area contributed by atoms with Crippen LogP contribution in [-0.2, 0) is 0 Å². The first-order valence-electron chi connectivity index (χ1n) is 9.52. The second kappa shape index (κ2) is 8.10. The van der Waals surface area contributed by atoms with Gasteiger partial charge in [-0.05, 0) is 47.5 Å². The molecule has 0 spiro atoms. The number of amides is 1. The molecule has 146 valence electrons. The number of carbonyl (C=O) groups is 1. The molecule has 1 atom stereocenters. The van der Waals surface area contributed by atoms with E-state index in [1.165, 1.54) is 0 Å². The summed E-state index contributed by atoms with van der Waals surface area (Å²) in [6, 6.07) is 25.1. The lowest BCUT2D eigenvalue weighted by Gasteiger charge is -2.23. The molecule has 0 N–H and O–H groups in total. The number of anilines is 1. The highest BCUT2D eigenvalue weighted by molar-refractivity contribution is 6.30. The fraction of sp³-hybridized carbons (Fsp3) is 0.167. The van der Waals surface area contributed by atoms with Crippen molar-refractivity contribution in [3.8, 4) is 0 Å². The van der Waals surface area contributed by atoms with Crippen molar-refractivity contribution in [2.24, 2.45) is 5.10 Å². The van der Waals surface area contributed by atoms with Crippen molar-refractivity contribution in [1.29, 1.82) is 0 Å². The molecule has 0 saturated heterocycles. The Morgan fingerprint density at radius 1 is 0.966 bits per heavy atom. The zero-order chi connectivity index (χ0) is 20.4.